The molecule has 0 bridgehead atoms. The highest BCUT2D eigenvalue weighted by atomic mass is 16.3. The van der Waals surface area contributed by atoms with E-state index in [1.54, 1.807) is 0 Å². The second kappa shape index (κ2) is 4.79. The molecule has 18 heavy (non-hydrogen) atoms. The number of hydrogen-bond donors (Lipinski definition) is 4. The van der Waals surface area contributed by atoms with Gasteiger partial charge in [0.2, 0.25) is 5.95 Å². The third-order valence-corrected chi connectivity index (χ3v) is 1.98. The maximum Gasteiger partial charge on any atom is 0.280 e. The lowest BCUT2D eigenvalue weighted by Crippen LogP contribution is -2.14. The first-order chi connectivity index (χ1) is 8.60. The molecule has 2 heterocycles. The highest BCUT2D eigenvalue weighted by molar-refractivity contribution is 5.69. The molecule has 92 valence electrons. The van der Waals surface area contributed by atoms with Gasteiger partial charge in [-0.1, -0.05) is 5.92 Å². The van der Waals surface area contributed by atoms with Crippen LogP contribution in [-0.2, 0) is 0 Å². The molecule has 0 spiro atoms. The molecule has 8 heteroatoms. The average Bonchev–Trinajstić information content (AvgIpc) is 2.36. The topological polar surface area (TPSA) is 138 Å². The van der Waals surface area contributed by atoms with E-state index in [0.29, 0.717) is 0 Å². The van der Waals surface area contributed by atoms with Gasteiger partial charge < -0.3 is 15.9 Å². The minimum atomic E-state index is -1.16. The van der Waals surface area contributed by atoms with E-state index in [1.807, 2.05) is 0 Å². The van der Waals surface area contributed by atoms with E-state index < -0.39 is 18.3 Å². The van der Waals surface area contributed by atoms with Crippen LogP contribution in [0.1, 0.15) is 5.69 Å². The summed E-state index contributed by atoms with van der Waals surface area (Å²) in [6.07, 6.45) is 0.135. The Morgan fingerprint density at radius 2 is 2.28 bits per heavy atom. The quantitative estimate of drug-likeness (QED) is 0.427. The van der Waals surface area contributed by atoms with Gasteiger partial charge in [-0.15, -0.1) is 0 Å². The van der Waals surface area contributed by atoms with Gasteiger partial charge in [0.25, 0.3) is 5.56 Å². The van der Waals surface area contributed by atoms with Crippen LogP contribution in [0.5, 0.6) is 0 Å². The van der Waals surface area contributed by atoms with Gasteiger partial charge in [-0.25, -0.2) is 9.97 Å². The second-order valence-corrected chi connectivity index (χ2v) is 3.35. The molecule has 2 aromatic rings. The molecule has 2 rings (SSSR count). The normalized spacial score (nSPS) is 11.9. The molecule has 0 unspecified atom stereocenters. The molecule has 0 fully saturated rings. The highest BCUT2D eigenvalue weighted by Crippen LogP contribution is 2.01. The summed E-state index contributed by atoms with van der Waals surface area (Å²) < 4.78 is 0. The smallest absolute Gasteiger partial charge is 0.280 e. The van der Waals surface area contributed by atoms with E-state index in [1.165, 1.54) is 6.20 Å². The molecule has 8 nitrogen and oxygen atoms in total. The van der Waals surface area contributed by atoms with Gasteiger partial charge >= 0.3 is 0 Å². The van der Waals surface area contributed by atoms with Crippen LogP contribution in [0.2, 0.25) is 0 Å². The van der Waals surface area contributed by atoms with Crippen molar-refractivity contribution in [1.82, 2.24) is 19.9 Å². The van der Waals surface area contributed by atoms with Crippen LogP contribution in [0.3, 0.4) is 0 Å². The van der Waals surface area contributed by atoms with Crippen LogP contribution in [0.4, 0.5) is 5.95 Å². The van der Waals surface area contributed by atoms with Crippen molar-refractivity contribution in [2.45, 2.75) is 6.10 Å². The number of anilines is 1. The lowest BCUT2D eigenvalue weighted by molar-refractivity contribution is 0.138. The fourth-order valence-corrected chi connectivity index (χ4v) is 1.20. The van der Waals surface area contributed by atoms with Crippen LogP contribution in [-0.4, -0.2) is 42.9 Å². The Hall–Kier alpha value is -2.50. The number of aromatic nitrogens is 4. The molecule has 0 amide bonds. The fraction of sp³-hybridized carbons (Fsp3) is 0.200. The first kappa shape index (κ1) is 12.0. The van der Waals surface area contributed by atoms with Crippen LogP contribution in [0, 0.1) is 11.8 Å². The third kappa shape index (κ3) is 2.42. The van der Waals surface area contributed by atoms with Crippen molar-refractivity contribution < 1.29 is 10.2 Å². The van der Waals surface area contributed by atoms with Crippen LogP contribution in [0.15, 0.2) is 11.0 Å². The van der Waals surface area contributed by atoms with Gasteiger partial charge in [0.05, 0.1) is 12.8 Å². The SMILES string of the molecule is Nc1nc2ncc(C#C[C@@H](O)CO)nc2c(=O)[nH]1. The number of H-pyrrole nitrogens is 1. The Bertz CT molecular complexity index is 700. The van der Waals surface area contributed by atoms with Crippen molar-refractivity contribution in [3.8, 4) is 11.8 Å². The van der Waals surface area contributed by atoms with Gasteiger partial charge in [-0.05, 0) is 5.92 Å². The predicted molar refractivity (Wildman–Crippen MR) is 62.3 cm³/mol. The fourth-order valence-electron chi connectivity index (χ4n) is 1.20. The largest absolute Gasteiger partial charge is 0.393 e. The minimum absolute atomic E-state index is 0.00879. The van der Waals surface area contributed by atoms with Gasteiger partial charge in [0.15, 0.2) is 11.2 Å². The summed E-state index contributed by atoms with van der Waals surface area (Å²) in [5.74, 6) is 4.78. The van der Waals surface area contributed by atoms with Crippen molar-refractivity contribution in [3.63, 3.8) is 0 Å². The van der Waals surface area contributed by atoms with Crippen LogP contribution in [0.25, 0.3) is 11.2 Å². The van der Waals surface area contributed by atoms with Crippen molar-refractivity contribution in [2.75, 3.05) is 12.3 Å². The first-order valence-corrected chi connectivity index (χ1v) is 4.93. The lowest BCUT2D eigenvalue weighted by Gasteiger charge is -1.97. The molecule has 0 radical (unpaired) electrons. The monoisotopic (exact) mass is 247 g/mol. The summed E-state index contributed by atoms with van der Waals surface area (Å²) in [6, 6.07) is 0. The molecular formula is C10H9N5O3. The number of nitrogens with two attached hydrogens (primary N) is 1. The summed E-state index contributed by atoms with van der Waals surface area (Å²) in [6.45, 7) is -0.479. The van der Waals surface area contributed by atoms with E-state index in [9.17, 15) is 4.79 Å². The Morgan fingerprint density at radius 3 is 3.00 bits per heavy atom. The van der Waals surface area contributed by atoms with E-state index in [2.05, 4.69) is 31.8 Å². The summed E-state index contributed by atoms with van der Waals surface area (Å²) >= 11 is 0. The van der Waals surface area contributed by atoms with Crippen molar-refractivity contribution >= 4 is 17.1 Å². The van der Waals surface area contributed by atoms with Crippen molar-refractivity contribution in [1.29, 1.82) is 0 Å². The van der Waals surface area contributed by atoms with Gasteiger partial charge in [-0.2, -0.15) is 4.98 Å². The zero-order chi connectivity index (χ0) is 13.1. The standard InChI is InChI=1S/C10H9N5O3/c11-10-14-8-7(9(18)15-10)13-5(3-12-8)1-2-6(17)4-16/h3,6,16-17H,4H2,(H3,11,12,14,15,18)/t6-/m1/s1. The molecule has 0 saturated carbocycles. The Labute approximate surface area is 101 Å². The molecule has 0 aliphatic carbocycles. The van der Waals surface area contributed by atoms with Crippen molar-refractivity contribution in [3.05, 3.63) is 22.2 Å². The highest BCUT2D eigenvalue weighted by Gasteiger charge is 2.05. The van der Waals surface area contributed by atoms with Gasteiger partial charge in [0, 0.05) is 0 Å². The van der Waals surface area contributed by atoms with Crippen LogP contribution >= 0.6 is 0 Å². The summed E-state index contributed by atoms with van der Waals surface area (Å²) in [7, 11) is 0. The van der Waals surface area contributed by atoms with Crippen LogP contribution < -0.4 is 11.3 Å². The molecule has 0 aromatic carbocycles. The third-order valence-electron chi connectivity index (χ3n) is 1.98. The molecule has 0 aliphatic heterocycles. The Balaban J connectivity index is 2.50. The number of nitrogens with zero attached hydrogens (tertiary/aromatic N) is 3. The number of nitrogens with one attached hydrogen (secondary N) is 1. The molecule has 2 aromatic heterocycles. The van der Waals surface area contributed by atoms with E-state index >= 15 is 0 Å². The average molecular weight is 247 g/mol. The number of fused-ring (bicyclic) bond motifs is 1. The predicted octanol–water partition coefficient (Wildman–Crippen LogP) is -2.00. The van der Waals surface area contributed by atoms with Crippen molar-refractivity contribution in [2.24, 2.45) is 0 Å². The summed E-state index contributed by atoms with van der Waals surface area (Å²) in [5.41, 5.74) is 5.15. The maximum absolute atomic E-state index is 11.5. The molecular weight excluding hydrogens is 238 g/mol. The summed E-state index contributed by atoms with van der Waals surface area (Å²) in [4.78, 5) is 25.4. The number of rotatable bonds is 1. The maximum atomic E-state index is 11.5. The number of aliphatic hydroxyl groups excluding tert-OH is 2. The summed E-state index contributed by atoms with van der Waals surface area (Å²) in [5, 5.41) is 17.6. The zero-order valence-electron chi connectivity index (χ0n) is 9.08. The number of hydrogen-bond acceptors (Lipinski definition) is 7. The van der Waals surface area contributed by atoms with E-state index in [-0.39, 0.29) is 22.8 Å². The van der Waals surface area contributed by atoms with E-state index in [4.69, 9.17) is 15.9 Å². The minimum Gasteiger partial charge on any atom is -0.393 e. The van der Waals surface area contributed by atoms with Gasteiger partial charge in [-0.3, -0.25) is 9.78 Å². The lowest BCUT2D eigenvalue weighted by atomic mass is 10.3. The molecule has 5 N–H and O–H groups in total. The van der Waals surface area contributed by atoms with Gasteiger partial charge in [0.1, 0.15) is 11.8 Å². The molecule has 0 aliphatic rings. The zero-order valence-corrected chi connectivity index (χ0v) is 9.08. The molecule has 0 saturated heterocycles. The van der Waals surface area contributed by atoms with E-state index in [0.717, 1.165) is 0 Å². The number of nitrogen functional groups attached to an aromatic ring is 1. The number of aliphatic hydroxyl groups is 2. The Morgan fingerprint density at radius 1 is 1.50 bits per heavy atom. The molecule has 1 atom stereocenters. The second-order valence-electron chi connectivity index (χ2n) is 3.35. The Kier molecular flexibility index (Phi) is 3.18. The number of aromatic amines is 1. The first-order valence-electron chi connectivity index (χ1n) is 4.93.